The molecule has 2 fully saturated rings. The molecule has 3 N–H and O–H groups in total. The number of carbonyl (C=O) groups excluding carboxylic acids is 1. The van der Waals surface area contributed by atoms with Gasteiger partial charge < -0.3 is 20.6 Å². The van der Waals surface area contributed by atoms with Crippen LogP contribution in [0.25, 0.3) is 0 Å². The summed E-state index contributed by atoms with van der Waals surface area (Å²) in [6.45, 7) is 4.78. The van der Waals surface area contributed by atoms with Crippen molar-refractivity contribution in [3.8, 4) is 0 Å². The number of alkyl halides is 3. The summed E-state index contributed by atoms with van der Waals surface area (Å²) in [6, 6.07) is 1.86. The van der Waals surface area contributed by atoms with Crippen LogP contribution in [0, 0.1) is 5.41 Å². The fraction of sp³-hybridized carbons (Fsp3) is 0.684. The third kappa shape index (κ3) is 3.82. The molecule has 0 bridgehead atoms. The van der Waals surface area contributed by atoms with Crippen molar-refractivity contribution in [2.45, 2.75) is 50.9 Å². The van der Waals surface area contributed by atoms with Gasteiger partial charge in [0.2, 0.25) is 5.91 Å². The molecule has 156 valence electrons. The number of aromatic nitrogens is 1. The van der Waals surface area contributed by atoms with E-state index in [0.29, 0.717) is 45.4 Å². The molecule has 0 spiro atoms. The molecule has 3 rings (SSSR count). The SMILES string of the molecule is CC(C)(O)[C@]1(C(=O)N2CCN(c3cc(C(F)(F)F)ccn3)CC2)CC[C@@H](N)C1. The van der Waals surface area contributed by atoms with E-state index in [2.05, 4.69) is 4.98 Å². The smallest absolute Gasteiger partial charge is 0.389 e. The van der Waals surface area contributed by atoms with Gasteiger partial charge in [0.25, 0.3) is 0 Å². The van der Waals surface area contributed by atoms with Gasteiger partial charge in [0.05, 0.1) is 16.6 Å². The molecule has 1 aliphatic carbocycles. The van der Waals surface area contributed by atoms with Crippen LogP contribution < -0.4 is 10.6 Å². The highest BCUT2D eigenvalue weighted by Gasteiger charge is 2.55. The minimum Gasteiger partial charge on any atom is -0.389 e. The standard InChI is InChI=1S/C19H27F3N4O2/c1-17(2,28)18(5-3-14(23)12-18)16(27)26-9-7-25(8-10-26)15-11-13(4-6-24-15)19(20,21)22/h4,6,11,14,28H,3,5,7-10,12,23H2,1-2H3/t14-,18-/m1/s1. The quantitative estimate of drug-likeness (QED) is 0.811. The van der Waals surface area contributed by atoms with Crippen molar-refractivity contribution in [1.82, 2.24) is 9.88 Å². The van der Waals surface area contributed by atoms with E-state index in [-0.39, 0.29) is 17.8 Å². The maximum absolute atomic E-state index is 13.3. The molecule has 1 saturated heterocycles. The number of hydrogen-bond donors (Lipinski definition) is 2. The molecule has 1 aliphatic heterocycles. The summed E-state index contributed by atoms with van der Waals surface area (Å²) in [6.07, 6.45) is -1.62. The van der Waals surface area contributed by atoms with Crippen LogP contribution in [0.15, 0.2) is 18.3 Å². The molecule has 1 amide bonds. The van der Waals surface area contributed by atoms with E-state index in [9.17, 15) is 23.1 Å². The van der Waals surface area contributed by atoms with Crippen molar-refractivity contribution in [1.29, 1.82) is 0 Å². The lowest BCUT2D eigenvalue weighted by Gasteiger charge is -2.45. The number of rotatable bonds is 3. The Morgan fingerprint density at radius 1 is 1.29 bits per heavy atom. The lowest BCUT2D eigenvalue weighted by Crippen LogP contribution is -2.58. The molecule has 28 heavy (non-hydrogen) atoms. The first-order valence-electron chi connectivity index (χ1n) is 9.49. The van der Waals surface area contributed by atoms with Gasteiger partial charge in [-0.25, -0.2) is 4.98 Å². The summed E-state index contributed by atoms with van der Waals surface area (Å²) < 4.78 is 38.8. The fourth-order valence-electron chi connectivity index (χ4n) is 4.30. The number of nitrogens with zero attached hydrogens (tertiary/aromatic N) is 3. The number of pyridine rings is 1. The lowest BCUT2D eigenvalue weighted by atomic mass is 9.71. The van der Waals surface area contributed by atoms with Gasteiger partial charge in [-0.2, -0.15) is 13.2 Å². The van der Waals surface area contributed by atoms with Gasteiger partial charge in [-0.15, -0.1) is 0 Å². The Balaban J connectivity index is 1.71. The number of amides is 1. The van der Waals surface area contributed by atoms with Gasteiger partial charge in [0.15, 0.2) is 0 Å². The zero-order valence-electron chi connectivity index (χ0n) is 16.2. The summed E-state index contributed by atoms with van der Waals surface area (Å²) in [4.78, 5) is 20.8. The molecule has 6 nitrogen and oxygen atoms in total. The predicted octanol–water partition coefficient (Wildman–Crippen LogP) is 2.02. The molecule has 2 atom stereocenters. The Morgan fingerprint density at radius 2 is 1.93 bits per heavy atom. The first kappa shape index (κ1) is 20.9. The maximum Gasteiger partial charge on any atom is 0.416 e. The number of nitrogens with two attached hydrogens (primary N) is 1. The third-order valence-corrected chi connectivity index (χ3v) is 6.10. The van der Waals surface area contributed by atoms with Crippen LogP contribution >= 0.6 is 0 Å². The Labute approximate surface area is 162 Å². The maximum atomic E-state index is 13.3. The summed E-state index contributed by atoms with van der Waals surface area (Å²) in [5.41, 5.74) is 3.18. The van der Waals surface area contributed by atoms with E-state index >= 15 is 0 Å². The number of anilines is 1. The predicted molar refractivity (Wildman–Crippen MR) is 98.6 cm³/mol. The Bertz CT molecular complexity index is 727. The zero-order valence-corrected chi connectivity index (χ0v) is 16.2. The number of carbonyl (C=O) groups is 1. The monoisotopic (exact) mass is 400 g/mol. The molecule has 9 heteroatoms. The highest BCUT2D eigenvalue weighted by Crippen LogP contribution is 2.47. The van der Waals surface area contributed by atoms with Crippen LogP contribution in [0.3, 0.4) is 0 Å². The number of aliphatic hydroxyl groups is 1. The van der Waals surface area contributed by atoms with Crippen LogP contribution in [0.2, 0.25) is 0 Å². The molecular weight excluding hydrogens is 373 g/mol. The van der Waals surface area contributed by atoms with Gasteiger partial charge in [0, 0.05) is 38.4 Å². The summed E-state index contributed by atoms with van der Waals surface area (Å²) in [7, 11) is 0. The molecule has 1 aromatic rings. The first-order chi connectivity index (χ1) is 12.9. The average molecular weight is 400 g/mol. The van der Waals surface area contributed by atoms with Crippen LogP contribution in [0.1, 0.15) is 38.7 Å². The number of halogens is 3. The van der Waals surface area contributed by atoms with Gasteiger partial charge in [-0.1, -0.05) is 0 Å². The molecule has 1 saturated carbocycles. The lowest BCUT2D eigenvalue weighted by molar-refractivity contribution is -0.158. The molecule has 0 unspecified atom stereocenters. The molecule has 2 aliphatic rings. The van der Waals surface area contributed by atoms with Crippen molar-refractivity contribution >= 4 is 11.7 Å². The van der Waals surface area contributed by atoms with Gasteiger partial charge in [0.1, 0.15) is 5.82 Å². The van der Waals surface area contributed by atoms with E-state index in [1.807, 2.05) is 0 Å². The van der Waals surface area contributed by atoms with Crippen LogP contribution in [-0.4, -0.2) is 58.7 Å². The van der Waals surface area contributed by atoms with Crippen molar-refractivity contribution in [2.24, 2.45) is 11.1 Å². The van der Waals surface area contributed by atoms with E-state index < -0.39 is 22.8 Å². The van der Waals surface area contributed by atoms with Gasteiger partial charge in [-0.05, 0) is 45.2 Å². The van der Waals surface area contributed by atoms with E-state index in [0.717, 1.165) is 18.3 Å². The van der Waals surface area contributed by atoms with Crippen molar-refractivity contribution in [3.63, 3.8) is 0 Å². The second kappa shape index (κ2) is 7.18. The Kier molecular flexibility index (Phi) is 5.35. The molecule has 2 heterocycles. The summed E-state index contributed by atoms with van der Waals surface area (Å²) in [5, 5.41) is 10.7. The van der Waals surface area contributed by atoms with Crippen molar-refractivity contribution in [3.05, 3.63) is 23.9 Å². The third-order valence-electron chi connectivity index (χ3n) is 6.10. The van der Waals surface area contributed by atoms with Gasteiger partial charge >= 0.3 is 6.18 Å². The molecular formula is C19H27F3N4O2. The zero-order chi connectivity index (χ0) is 20.7. The summed E-state index contributed by atoms with van der Waals surface area (Å²) in [5.74, 6) is 0.131. The number of hydrogen-bond acceptors (Lipinski definition) is 5. The summed E-state index contributed by atoms with van der Waals surface area (Å²) >= 11 is 0. The van der Waals surface area contributed by atoms with E-state index in [1.54, 1.807) is 23.6 Å². The Hall–Kier alpha value is -1.87. The van der Waals surface area contributed by atoms with E-state index in [4.69, 9.17) is 5.73 Å². The molecule has 1 aromatic heterocycles. The molecule has 0 aromatic carbocycles. The average Bonchev–Trinajstić information content (AvgIpc) is 3.04. The highest BCUT2D eigenvalue weighted by molar-refractivity contribution is 5.85. The topological polar surface area (TPSA) is 82.7 Å². The minimum absolute atomic E-state index is 0.119. The van der Waals surface area contributed by atoms with Crippen LogP contribution in [0.4, 0.5) is 19.0 Å². The molecule has 0 radical (unpaired) electrons. The van der Waals surface area contributed by atoms with Crippen molar-refractivity contribution in [2.75, 3.05) is 31.1 Å². The first-order valence-corrected chi connectivity index (χ1v) is 9.49. The largest absolute Gasteiger partial charge is 0.416 e. The van der Waals surface area contributed by atoms with Crippen molar-refractivity contribution < 1.29 is 23.1 Å². The van der Waals surface area contributed by atoms with E-state index in [1.165, 1.54) is 0 Å². The fourth-order valence-corrected chi connectivity index (χ4v) is 4.30. The highest BCUT2D eigenvalue weighted by atomic mass is 19.4. The normalized spacial score (nSPS) is 26.6. The van der Waals surface area contributed by atoms with Gasteiger partial charge in [-0.3, -0.25) is 4.79 Å². The second-order valence-corrected chi connectivity index (χ2v) is 8.32. The second-order valence-electron chi connectivity index (χ2n) is 8.32. The number of piperazine rings is 1. The minimum atomic E-state index is -4.42. The Morgan fingerprint density at radius 3 is 2.43 bits per heavy atom. The van der Waals surface area contributed by atoms with Crippen LogP contribution in [-0.2, 0) is 11.0 Å². The van der Waals surface area contributed by atoms with Crippen LogP contribution in [0.5, 0.6) is 0 Å².